The largest absolute Gasteiger partial charge is 0.383 e. The zero-order valence-corrected chi connectivity index (χ0v) is 18.5. The van der Waals surface area contributed by atoms with Crippen molar-refractivity contribution in [2.45, 2.75) is 56.5 Å². The molecule has 1 aromatic carbocycles. The number of aromatic nitrogens is 2. The van der Waals surface area contributed by atoms with Crippen molar-refractivity contribution >= 4 is 28.6 Å². The van der Waals surface area contributed by atoms with E-state index in [1.807, 2.05) is 35.8 Å². The summed E-state index contributed by atoms with van der Waals surface area (Å²) in [6, 6.07) is 7.57. The van der Waals surface area contributed by atoms with Crippen molar-refractivity contribution in [3.63, 3.8) is 0 Å². The van der Waals surface area contributed by atoms with Crippen molar-refractivity contribution in [2.24, 2.45) is 11.8 Å². The van der Waals surface area contributed by atoms with Gasteiger partial charge in [0.2, 0.25) is 5.91 Å². The number of para-hydroxylation sites is 1. The minimum absolute atomic E-state index is 0.00367. The Hall–Kier alpha value is -1.86. The molecule has 158 valence electrons. The van der Waals surface area contributed by atoms with Gasteiger partial charge in [-0.05, 0) is 37.3 Å². The van der Waals surface area contributed by atoms with Gasteiger partial charge in [-0.15, -0.1) is 0 Å². The third-order valence-corrected chi connectivity index (χ3v) is 7.09. The molecule has 1 fully saturated rings. The molecule has 1 heterocycles. The maximum absolute atomic E-state index is 13.5. The van der Waals surface area contributed by atoms with Crippen LogP contribution < -0.4 is 10.9 Å². The van der Waals surface area contributed by atoms with Crippen molar-refractivity contribution in [3.05, 3.63) is 34.6 Å². The van der Waals surface area contributed by atoms with Gasteiger partial charge in [0.25, 0.3) is 5.56 Å². The van der Waals surface area contributed by atoms with Crippen LogP contribution in [0.15, 0.2) is 34.2 Å². The van der Waals surface area contributed by atoms with Crippen molar-refractivity contribution < 1.29 is 9.53 Å². The van der Waals surface area contributed by atoms with Gasteiger partial charge in [0, 0.05) is 19.7 Å². The van der Waals surface area contributed by atoms with E-state index in [4.69, 9.17) is 9.72 Å². The quantitative estimate of drug-likeness (QED) is 0.423. The lowest BCUT2D eigenvalue weighted by molar-refractivity contribution is -0.120. The molecule has 1 saturated carbocycles. The molecule has 1 aliphatic rings. The van der Waals surface area contributed by atoms with E-state index >= 15 is 0 Å². The van der Waals surface area contributed by atoms with Gasteiger partial charge in [-0.2, -0.15) is 0 Å². The SMILES string of the molecule is COCCNC(=O)[C@H](C)Sc1nc2ccccc2c(=O)n1[C@H]1CCC[C@@H](C)[C@H]1C. The van der Waals surface area contributed by atoms with Crippen molar-refractivity contribution in [1.82, 2.24) is 14.9 Å². The minimum Gasteiger partial charge on any atom is -0.383 e. The van der Waals surface area contributed by atoms with Crippen molar-refractivity contribution in [1.29, 1.82) is 0 Å². The van der Waals surface area contributed by atoms with Crippen LogP contribution >= 0.6 is 11.8 Å². The number of ether oxygens (including phenoxy) is 1. The molecular formula is C22H31N3O3S. The highest BCUT2D eigenvalue weighted by Crippen LogP contribution is 2.39. The highest BCUT2D eigenvalue weighted by atomic mass is 32.2. The van der Waals surface area contributed by atoms with Crippen LogP contribution in [-0.2, 0) is 9.53 Å². The fraction of sp³-hybridized carbons (Fsp3) is 0.591. The van der Waals surface area contributed by atoms with Crippen LogP contribution in [0.25, 0.3) is 10.9 Å². The van der Waals surface area contributed by atoms with E-state index in [-0.39, 0.29) is 22.8 Å². The first kappa shape index (κ1) is 21.8. The Labute approximate surface area is 176 Å². The summed E-state index contributed by atoms with van der Waals surface area (Å²) in [5, 5.41) is 3.78. The Balaban J connectivity index is 1.98. The molecule has 1 amide bonds. The number of hydrogen-bond acceptors (Lipinski definition) is 5. The molecule has 1 N–H and O–H groups in total. The number of carbonyl (C=O) groups excluding carboxylic acids is 1. The van der Waals surface area contributed by atoms with Gasteiger partial charge in [0.05, 0.1) is 22.8 Å². The molecule has 0 radical (unpaired) electrons. The van der Waals surface area contributed by atoms with E-state index in [0.29, 0.717) is 41.0 Å². The Bertz CT molecular complexity index is 914. The molecule has 4 atom stereocenters. The van der Waals surface area contributed by atoms with Crippen LogP contribution in [0.4, 0.5) is 0 Å². The highest BCUT2D eigenvalue weighted by Gasteiger charge is 2.32. The predicted octanol–water partition coefficient (Wildman–Crippen LogP) is 3.64. The molecule has 0 spiro atoms. The van der Waals surface area contributed by atoms with E-state index in [2.05, 4.69) is 19.2 Å². The molecule has 29 heavy (non-hydrogen) atoms. The van der Waals surface area contributed by atoms with E-state index < -0.39 is 0 Å². The van der Waals surface area contributed by atoms with Gasteiger partial charge in [-0.3, -0.25) is 14.2 Å². The summed E-state index contributed by atoms with van der Waals surface area (Å²) in [7, 11) is 1.61. The lowest BCUT2D eigenvalue weighted by atomic mass is 9.78. The second-order valence-corrected chi connectivity index (χ2v) is 9.27. The summed E-state index contributed by atoms with van der Waals surface area (Å²) in [6.45, 7) is 7.28. The number of thioether (sulfide) groups is 1. The highest BCUT2D eigenvalue weighted by molar-refractivity contribution is 8.00. The molecule has 0 bridgehead atoms. The number of carbonyl (C=O) groups is 1. The van der Waals surface area contributed by atoms with Crippen molar-refractivity contribution in [3.8, 4) is 0 Å². The van der Waals surface area contributed by atoms with Gasteiger partial charge in [0.1, 0.15) is 0 Å². The molecule has 6 nitrogen and oxygen atoms in total. The number of rotatable bonds is 7. The average Bonchev–Trinajstić information content (AvgIpc) is 2.71. The standard InChI is InChI=1S/C22H31N3O3S/c1-14-8-7-11-19(15(14)2)25-21(27)17-9-5-6-10-18(17)24-22(25)29-16(3)20(26)23-12-13-28-4/h5-6,9-10,14-16,19H,7-8,11-13H2,1-4H3,(H,23,26)/t14-,15-,16+,19+/m1/s1. The van der Waals surface area contributed by atoms with Gasteiger partial charge in [-0.25, -0.2) is 4.98 Å². The van der Waals surface area contributed by atoms with E-state index in [1.165, 1.54) is 18.2 Å². The first-order valence-corrected chi connectivity index (χ1v) is 11.3. The molecular weight excluding hydrogens is 386 g/mol. The summed E-state index contributed by atoms with van der Waals surface area (Å²) >= 11 is 1.36. The van der Waals surface area contributed by atoms with Gasteiger partial charge in [0.15, 0.2) is 5.16 Å². The summed E-state index contributed by atoms with van der Waals surface area (Å²) in [5.74, 6) is 0.861. The number of fused-ring (bicyclic) bond motifs is 1. The lowest BCUT2D eigenvalue weighted by Crippen LogP contribution is -2.37. The first-order valence-electron chi connectivity index (χ1n) is 10.4. The maximum atomic E-state index is 13.5. The lowest BCUT2D eigenvalue weighted by Gasteiger charge is -2.36. The van der Waals surface area contributed by atoms with Crippen LogP contribution in [0.3, 0.4) is 0 Å². The molecule has 1 aliphatic carbocycles. The second kappa shape index (κ2) is 9.76. The molecule has 1 aromatic heterocycles. The Morgan fingerprint density at radius 2 is 2.10 bits per heavy atom. The van der Waals surface area contributed by atoms with E-state index in [0.717, 1.165) is 12.8 Å². The topological polar surface area (TPSA) is 73.2 Å². The van der Waals surface area contributed by atoms with Gasteiger partial charge in [-0.1, -0.05) is 50.6 Å². The summed E-state index contributed by atoms with van der Waals surface area (Å²) < 4.78 is 6.86. The zero-order chi connectivity index (χ0) is 21.0. The number of nitrogens with one attached hydrogen (secondary N) is 1. The number of benzene rings is 1. The van der Waals surface area contributed by atoms with Crippen molar-refractivity contribution in [2.75, 3.05) is 20.3 Å². The monoisotopic (exact) mass is 417 g/mol. The summed E-state index contributed by atoms with van der Waals surface area (Å²) in [6.07, 6.45) is 3.26. The number of hydrogen-bond donors (Lipinski definition) is 1. The number of amides is 1. The van der Waals surface area contributed by atoms with Crippen LogP contribution in [0.1, 0.15) is 46.1 Å². The van der Waals surface area contributed by atoms with Crippen LogP contribution in [0, 0.1) is 11.8 Å². The molecule has 3 rings (SSSR count). The maximum Gasteiger partial charge on any atom is 0.262 e. The van der Waals surface area contributed by atoms with Crippen LogP contribution in [0.5, 0.6) is 0 Å². The third-order valence-electron chi connectivity index (χ3n) is 6.03. The Morgan fingerprint density at radius 3 is 2.86 bits per heavy atom. The van der Waals surface area contributed by atoms with Gasteiger partial charge >= 0.3 is 0 Å². The smallest absolute Gasteiger partial charge is 0.262 e. The predicted molar refractivity (Wildman–Crippen MR) is 117 cm³/mol. The fourth-order valence-corrected chi connectivity index (χ4v) is 5.04. The fourth-order valence-electron chi connectivity index (χ4n) is 4.05. The minimum atomic E-state index is -0.359. The molecule has 0 aliphatic heterocycles. The first-order chi connectivity index (χ1) is 13.9. The molecule has 0 saturated heterocycles. The van der Waals surface area contributed by atoms with Gasteiger partial charge < -0.3 is 10.1 Å². The Morgan fingerprint density at radius 1 is 1.34 bits per heavy atom. The average molecular weight is 418 g/mol. The summed E-state index contributed by atoms with van der Waals surface area (Å²) in [4.78, 5) is 30.7. The van der Waals surface area contributed by atoms with Crippen LogP contribution in [-0.4, -0.2) is 41.0 Å². The normalized spacial score (nSPS) is 23.1. The van der Waals surface area contributed by atoms with E-state index in [1.54, 1.807) is 7.11 Å². The summed E-state index contributed by atoms with van der Waals surface area (Å²) in [5.41, 5.74) is 0.677. The third kappa shape index (κ3) is 4.83. The number of nitrogens with zero attached hydrogens (tertiary/aromatic N) is 2. The molecule has 7 heteroatoms. The number of methoxy groups -OCH3 is 1. The molecule has 2 aromatic rings. The van der Waals surface area contributed by atoms with E-state index in [9.17, 15) is 9.59 Å². The Kier molecular flexibility index (Phi) is 7.35. The zero-order valence-electron chi connectivity index (χ0n) is 17.7. The van der Waals surface area contributed by atoms with Crippen LogP contribution in [0.2, 0.25) is 0 Å². The second-order valence-electron chi connectivity index (χ2n) is 7.97. The molecule has 0 unspecified atom stereocenters.